The van der Waals surface area contributed by atoms with Crippen molar-refractivity contribution in [3.63, 3.8) is 0 Å². The third-order valence-corrected chi connectivity index (χ3v) is 11.2. The molecule has 49 heavy (non-hydrogen) atoms. The van der Waals surface area contributed by atoms with E-state index in [1.54, 1.807) is 48.5 Å². The van der Waals surface area contributed by atoms with Gasteiger partial charge in [-0.05, 0) is 67.1 Å². The van der Waals surface area contributed by atoms with Gasteiger partial charge in [0.1, 0.15) is 17.2 Å². The second-order valence-electron chi connectivity index (χ2n) is 13.0. The van der Waals surface area contributed by atoms with E-state index in [-0.39, 0.29) is 29.0 Å². The lowest BCUT2D eigenvalue weighted by atomic mass is 9.49. The summed E-state index contributed by atoms with van der Waals surface area (Å²) in [4.78, 5) is 58.9. The van der Waals surface area contributed by atoms with Crippen molar-refractivity contribution < 1.29 is 33.8 Å². The molecule has 254 valence electrons. The largest absolute Gasteiger partial charge is 0.508 e. The van der Waals surface area contributed by atoms with Crippen molar-refractivity contribution in [1.82, 2.24) is 9.91 Å². The Morgan fingerprint density at radius 3 is 2.27 bits per heavy atom. The molecule has 4 aliphatic rings. The standard InChI is InChI=1S/C37H35Cl2N3O7/c1-4-15-41-33(44)25-13-12-23-26(31(25)35(41)46)18-27-34(45)42(40-29-14-7-20(38)16-28(29)39)36(47)37(27,19-5-8-21(48-2)9-6-19)32(23)24-11-10-22(49-3)17-30(24)43/h5-12,14,16-17,25-27,31-32,40,43H,4,13,15,18H2,1-3H3. The number of hydrogen-bond acceptors (Lipinski definition) is 8. The van der Waals surface area contributed by atoms with Crippen LogP contribution in [0, 0.1) is 23.7 Å². The number of carbonyl (C=O) groups is 4. The maximum atomic E-state index is 15.3. The monoisotopic (exact) mass is 703 g/mol. The molecular formula is C37H35Cl2N3O7. The van der Waals surface area contributed by atoms with E-state index in [1.807, 2.05) is 13.0 Å². The summed E-state index contributed by atoms with van der Waals surface area (Å²) >= 11 is 12.6. The Labute approximate surface area is 293 Å². The Balaban J connectivity index is 1.47. The zero-order chi connectivity index (χ0) is 34.8. The molecule has 2 heterocycles. The van der Waals surface area contributed by atoms with Gasteiger partial charge in [0.05, 0.1) is 48.1 Å². The molecule has 2 aliphatic heterocycles. The topological polar surface area (TPSA) is 125 Å². The molecule has 3 fully saturated rings. The minimum Gasteiger partial charge on any atom is -0.508 e. The van der Waals surface area contributed by atoms with Gasteiger partial charge in [-0.3, -0.25) is 29.5 Å². The number of rotatable bonds is 8. The van der Waals surface area contributed by atoms with Crippen LogP contribution in [0.25, 0.3) is 0 Å². The molecule has 2 saturated heterocycles. The fourth-order valence-corrected chi connectivity index (χ4v) is 9.04. The van der Waals surface area contributed by atoms with Crippen molar-refractivity contribution in [3.8, 4) is 17.2 Å². The number of phenolic OH excluding ortho intramolecular Hbond substituents is 1. The Hall–Kier alpha value is -4.54. The number of fused-ring (bicyclic) bond motifs is 4. The lowest BCUT2D eigenvalue weighted by Crippen LogP contribution is -2.53. The van der Waals surface area contributed by atoms with Crippen molar-refractivity contribution in [3.05, 3.63) is 93.5 Å². The average molecular weight is 705 g/mol. The van der Waals surface area contributed by atoms with Crippen LogP contribution in [0.3, 0.4) is 0 Å². The third-order valence-electron chi connectivity index (χ3n) is 10.7. The van der Waals surface area contributed by atoms with Crippen LogP contribution in [0.2, 0.25) is 10.0 Å². The number of halogens is 2. The number of nitrogens with one attached hydrogen (secondary N) is 1. The van der Waals surface area contributed by atoms with Gasteiger partial charge in [0.2, 0.25) is 11.8 Å². The fourth-order valence-electron chi connectivity index (χ4n) is 8.59. The minimum atomic E-state index is -1.58. The van der Waals surface area contributed by atoms with E-state index in [4.69, 9.17) is 32.7 Å². The van der Waals surface area contributed by atoms with Crippen LogP contribution < -0.4 is 14.9 Å². The Kier molecular flexibility index (Phi) is 8.35. The highest BCUT2D eigenvalue weighted by Crippen LogP contribution is 2.65. The molecule has 2 N–H and O–H groups in total. The first kappa shape index (κ1) is 33.0. The van der Waals surface area contributed by atoms with E-state index in [1.165, 1.54) is 31.3 Å². The summed E-state index contributed by atoms with van der Waals surface area (Å²) in [5, 5.41) is 13.2. The first-order valence-corrected chi connectivity index (χ1v) is 17.0. The molecule has 12 heteroatoms. The summed E-state index contributed by atoms with van der Waals surface area (Å²) in [6.45, 7) is 2.22. The molecular weight excluding hydrogens is 669 g/mol. The van der Waals surface area contributed by atoms with Crippen LogP contribution in [-0.4, -0.2) is 59.4 Å². The number of methoxy groups -OCH3 is 2. The molecule has 0 spiro atoms. The van der Waals surface area contributed by atoms with E-state index >= 15 is 4.79 Å². The molecule has 1 saturated carbocycles. The van der Waals surface area contributed by atoms with E-state index in [9.17, 15) is 19.5 Å². The molecule has 6 unspecified atom stereocenters. The number of imide groups is 2. The molecule has 4 amide bonds. The summed E-state index contributed by atoms with van der Waals surface area (Å²) in [5.74, 6) is -4.43. The number of hydrogen-bond donors (Lipinski definition) is 2. The summed E-state index contributed by atoms with van der Waals surface area (Å²) in [5.41, 5.74) is 3.35. The van der Waals surface area contributed by atoms with E-state index in [0.717, 1.165) is 10.6 Å². The van der Waals surface area contributed by atoms with Gasteiger partial charge in [0.25, 0.3) is 11.8 Å². The molecule has 0 aromatic heterocycles. The van der Waals surface area contributed by atoms with Gasteiger partial charge >= 0.3 is 0 Å². The summed E-state index contributed by atoms with van der Waals surface area (Å²) < 4.78 is 10.8. The zero-order valence-electron chi connectivity index (χ0n) is 27.1. The average Bonchev–Trinajstić information content (AvgIpc) is 3.47. The van der Waals surface area contributed by atoms with E-state index in [0.29, 0.717) is 52.7 Å². The van der Waals surface area contributed by atoms with Crippen LogP contribution in [0.5, 0.6) is 17.2 Å². The van der Waals surface area contributed by atoms with Gasteiger partial charge in [0, 0.05) is 29.1 Å². The van der Waals surface area contributed by atoms with E-state index in [2.05, 4.69) is 5.43 Å². The molecule has 6 atom stereocenters. The maximum absolute atomic E-state index is 15.3. The normalized spacial score (nSPS) is 27.4. The van der Waals surface area contributed by atoms with Crippen LogP contribution in [0.1, 0.15) is 43.2 Å². The molecule has 2 aliphatic carbocycles. The van der Waals surface area contributed by atoms with Crippen LogP contribution in [0.4, 0.5) is 5.69 Å². The molecule has 3 aromatic carbocycles. The second-order valence-corrected chi connectivity index (χ2v) is 13.8. The first-order valence-electron chi connectivity index (χ1n) is 16.2. The van der Waals surface area contributed by atoms with Crippen LogP contribution >= 0.6 is 23.2 Å². The van der Waals surface area contributed by atoms with Crippen LogP contribution in [0.15, 0.2) is 72.3 Å². The molecule has 7 rings (SSSR count). The maximum Gasteiger partial charge on any atom is 0.260 e. The number of hydrazine groups is 1. The predicted octanol–water partition coefficient (Wildman–Crippen LogP) is 6.11. The molecule has 10 nitrogen and oxygen atoms in total. The molecule has 0 radical (unpaired) electrons. The number of likely N-dealkylation sites (tertiary alicyclic amines) is 1. The third kappa shape index (κ3) is 4.90. The highest BCUT2D eigenvalue weighted by atomic mass is 35.5. The smallest absolute Gasteiger partial charge is 0.260 e. The number of ether oxygens (including phenoxy) is 2. The predicted molar refractivity (Wildman–Crippen MR) is 182 cm³/mol. The van der Waals surface area contributed by atoms with Gasteiger partial charge in [-0.25, -0.2) is 0 Å². The van der Waals surface area contributed by atoms with E-state index < -0.39 is 46.8 Å². The number of anilines is 1. The minimum absolute atomic E-state index is 0.128. The quantitative estimate of drug-likeness (QED) is 0.213. The number of aromatic hydroxyl groups is 1. The Bertz CT molecular complexity index is 1910. The number of phenols is 1. The summed E-state index contributed by atoms with van der Waals surface area (Å²) in [6.07, 6.45) is 2.99. The summed E-state index contributed by atoms with van der Waals surface area (Å²) in [7, 11) is 3.02. The fraction of sp³-hybridized carbons (Fsp3) is 0.351. The number of amides is 4. The first-order chi connectivity index (χ1) is 23.6. The van der Waals surface area contributed by atoms with Gasteiger partial charge in [-0.1, -0.05) is 60.0 Å². The lowest BCUT2D eigenvalue weighted by Gasteiger charge is -2.50. The van der Waals surface area contributed by atoms with Crippen molar-refractivity contribution in [1.29, 1.82) is 0 Å². The van der Waals surface area contributed by atoms with Crippen LogP contribution in [-0.2, 0) is 24.6 Å². The van der Waals surface area contributed by atoms with Gasteiger partial charge in [-0.15, -0.1) is 0 Å². The van der Waals surface area contributed by atoms with Crippen molar-refractivity contribution >= 4 is 52.5 Å². The highest BCUT2D eigenvalue weighted by Gasteiger charge is 2.70. The zero-order valence-corrected chi connectivity index (χ0v) is 28.6. The van der Waals surface area contributed by atoms with Crippen molar-refractivity contribution in [2.24, 2.45) is 23.7 Å². The Morgan fingerprint density at radius 2 is 1.61 bits per heavy atom. The number of carbonyl (C=O) groups excluding carboxylic acids is 4. The lowest BCUT2D eigenvalue weighted by molar-refractivity contribution is -0.141. The number of benzene rings is 3. The number of nitrogens with zero attached hydrogens (tertiary/aromatic N) is 2. The molecule has 0 bridgehead atoms. The van der Waals surface area contributed by atoms with Gasteiger partial charge in [-0.2, -0.15) is 5.01 Å². The second kappa shape index (κ2) is 12.4. The number of allylic oxidation sites excluding steroid dienone is 2. The molecule has 3 aromatic rings. The SMILES string of the molecule is CCCN1C(=O)C2CC=C3C(CC4C(=O)N(Nc5ccc(Cl)cc5Cl)C(=O)C4(c4ccc(OC)cc4)C3c3ccc(OC)cc3O)C2C1=O. The van der Waals surface area contributed by atoms with Gasteiger partial charge in [0.15, 0.2) is 0 Å². The van der Waals surface area contributed by atoms with Crippen molar-refractivity contribution in [2.45, 2.75) is 37.5 Å². The highest BCUT2D eigenvalue weighted by molar-refractivity contribution is 6.36. The van der Waals surface area contributed by atoms with Crippen molar-refractivity contribution in [2.75, 3.05) is 26.2 Å². The Morgan fingerprint density at radius 1 is 0.898 bits per heavy atom. The summed E-state index contributed by atoms with van der Waals surface area (Å²) in [6, 6.07) is 16.5. The van der Waals surface area contributed by atoms with Gasteiger partial charge < -0.3 is 14.6 Å².